The van der Waals surface area contributed by atoms with Crippen LogP contribution in [0.3, 0.4) is 0 Å². The Morgan fingerprint density at radius 3 is 2.29 bits per heavy atom. The Morgan fingerprint density at radius 2 is 1.62 bits per heavy atom. The van der Waals surface area contributed by atoms with Crippen LogP contribution in [0.1, 0.15) is 38.5 Å². The molecule has 1 aliphatic carbocycles. The molecular formula is C23H30ClN5O4S. The summed E-state index contributed by atoms with van der Waals surface area (Å²) < 4.78 is 36.6. The fourth-order valence-corrected chi connectivity index (χ4v) is 6.83. The van der Waals surface area contributed by atoms with Gasteiger partial charge in [-0.05, 0) is 56.7 Å². The smallest absolute Gasteiger partial charge is 0.316 e. The van der Waals surface area contributed by atoms with E-state index in [9.17, 15) is 13.2 Å². The van der Waals surface area contributed by atoms with E-state index in [0.717, 1.165) is 38.5 Å². The molecule has 0 spiro atoms. The molecule has 0 amide bonds. The summed E-state index contributed by atoms with van der Waals surface area (Å²) in [7, 11) is -3.44. The van der Waals surface area contributed by atoms with E-state index < -0.39 is 10.2 Å². The molecule has 0 radical (unpaired) electrons. The summed E-state index contributed by atoms with van der Waals surface area (Å²) in [6.07, 6.45) is 7.47. The van der Waals surface area contributed by atoms with E-state index in [0.29, 0.717) is 55.7 Å². The number of piperazine rings is 1. The lowest BCUT2D eigenvalue weighted by molar-refractivity contribution is 0.205. The van der Waals surface area contributed by atoms with E-state index in [1.54, 1.807) is 39.1 Å². The summed E-state index contributed by atoms with van der Waals surface area (Å²) in [6, 6.07) is 6.99. The van der Waals surface area contributed by atoms with E-state index in [4.69, 9.17) is 16.3 Å². The Kier molecular flexibility index (Phi) is 6.83. The van der Waals surface area contributed by atoms with Crippen molar-refractivity contribution in [2.75, 3.05) is 44.2 Å². The van der Waals surface area contributed by atoms with Crippen molar-refractivity contribution in [3.8, 4) is 11.4 Å². The third-order valence-electron chi connectivity index (χ3n) is 6.85. The number of anilines is 1. The van der Waals surface area contributed by atoms with Crippen molar-refractivity contribution < 1.29 is 13.2 Å². The van der Waals surface area contributed by atoms with E-state index in [-0.39, 0.29) is 17.4 Å². The van der Waals surface area contributed by atoms with Crippen LogP contribution < -0.4 is 15.2 Å². The average Bonchev–Trinajstić information content (AvgIpc) is 3.55. The molecule has 0 atom stereocenters. The van der Waals surface area contributed by atoms with Gasteiger partial charge in [-0.2, -0.15) is 26.8 Å². The van der Waals surface area contributed by atoms with Gasteiger partial charge in [-0.15, -0.1) is 0 Å². The van der Waals surface area contributed by atoms with Crippen molar-refractivity contribution in [3.05, 3.63) is 45.8 Å². The second kappa shape index (κ2) is 9.85. The summed E-state index contributed by atoms with van der Waals surface area (Å²) in [4.78, 5) is 15.5. The van der Waals surface area contributed by atoms with Gasteiger partial charge < -0.3 is 9.64 Å². The predicted octanol–water partition coefficient (Wildman–Crippen LogP) is 2.67. The summed E-state index contributed by atoms with van der Waals surface area (Å²) in [6.45, 7) is 2.84. The minimum atomic E-state index is -3.44. The zero-order valence-electron chi connectivity index (χ0n) is 19.1. The Balaban J connectivity index is 1.42. The SMILES string of the molecule is O=c1c(OC2CCCC2)c(N2CCN(S(=O)(=O)N3CCCC3)CC2)cnn1-c1cccc(Cl)c1. The van der Waals surface area contributed by atoms with E-state index in [1.165, 1.54) is 4.68 Å². The zero-order chi connectivity index (χ0) is 23.7. The molecule has 11 heteroatoms. The van der Waals surface area contributed by atoms with Gasteiger partial charge in [0, 0.05) is 44.3 Å². The van der Waals surface area contributed by atoms with Crippen LogP contribution in [-0.4, -0.2) is 72.2 Å². The molecule has 9 nitrogen and oxygen atoms in total. The van der Waals surface area contributed by atoms with Crippen molar-refractivity contribution >= 4 is 27.5 Å². The van der Waals surface area contributed by atoms with Crippen LogP contribution in [-0.2, 0) is 10.2 Å². The molecule has 1 aromatic carbocycles. The minimum absolute atomic E-state index is 0.00139. The van der Waals surface area contributed by atoms with E-state index in [1.807, 2.05) is 4.90 Å². The minimum Gasteiger partial charge on any atom is -0.483 e. The number of nitrogens with zero attached hydrogens (tertiary/aromatic N) is 5. The molecule has 2 aliphatic heterocycles. The molecule has 5 rings (SSSR count). The van der Waals surface area contributed by atoms with Gasteiger partial charge >= 0.3 is 5.56 Å². The highest BCUT2D eigenvalue weighted by Crippen LogP contribution is 2.31. The van der Waals surface area contributed by atoms with Crippen molar-refractivity contribution in [3.63, 3.8) is 0 Å². The van der Waals surface area contributed by atoms with Crippen LogP contribution in [0.25, 0.3) is 5.69 Å². The molecule has 0 bridgehead atoms. The first-order chi connectivity index (χ1) is 16.4. The normalized spacial score (nSPS) is 20.8. The van der Waals surface area contributed by atoms with Crippen molar-refractivity contribution in [2.24, 2.45) is 0 Å². The Bertz CT molecular complexity index is 1180. The number of benzene rings is 1. The molecule has 2 saturated heterocycles. The monoisotopic (exact) mass is 507 g/mol. The molecule has 0 unspecified atom stereocenters. The van der Waals surface area contributed by atoms with Crippen LogP contribution in [0.5, 0.6) is 5.75 Å². The third kappa shape index (κ3) is 4.68. The summed E-state index contributed by atoms with van der Waals surface area (Å²) in [5.74, 6) is 0.276. The fourth-order valence-electron chi connectivity index (χ4n) is 4.97. The number of aromatic nitrogens is 2. The van der Waals surface area contributed by atoms with Crippen molar-refractivity contribution in [2.45, 2.75) is 44.6 Å². The van der Waals surface area contributed by atoms with Gasteiger partial charge in [0.15, 0.2) is 0 Å². The van der Waals surface area contributed by atoms with Gasteiger partial charge in [-0.25, -0.2) is 0 Å². The van der Waals surface area contributed by atoms with Crippen molar-refractivity contribution in [1.82, 2.24) is 18.4 Å². The third-order valence-corrected chi connectivity index (χ3v) is 9.12. The molecule has 3 fully saturated rings. The number of hydrogen-bond acceptors (Lipinski definition) is 6. The molecule has 3 aliphatic rings. The first-order valence-electron chi connectivity index (χ1n) is 12.0. The molecule has 2 aromatic rings. The van der Waals surface area contributed by atoms with Crippen LogP contribution >= 0.6 is 11.6 Å². The summed E-state index contributed by atoms with van der Waals surface area (Å²) in [5, 5.41) is 4.93. The van der Waals surface area contributed by atoms with Gasteiger partial charge in [0.1, 0.15) is 5.69 Å². The highest BCUT2D eigenvalue weighted by atomic mass is 35.5. The predicted molar refractivity (Wildman–Crippen MR) is 131 cm³/mol. The molecule has 184 valence electrons. The molecule has 0 N–H and O–H groups in total. The molecule has 1 saturated carbocycles. The standard InChI is InChI=1S/C23H30ClN5O4S/c24-18-6-5-7-19(16-18)29-23(30)22(33-20-8-1-2-9-20)21(17-25-29)26-12-14-28(15-13-26)34(31,32)27-10-3-4-11-27/h5-7,16-17,20H,1-4,8-15H2. The topological polar surface area (TPSA) is 88.0 Å². The van der Waals surface area contributed by atoms with Crippen molar-refractivity contribution in [1.29, 1.82) is 0 Å². The van der Waals surface area contributed by atoms with Crippen LogP contribution in [0.15, 0.2) is 35.3 Å². The number of rotatable bonds is 6. The summed E-state index contributed by atoms with van der Waals surface area (Å²) in [5.41, 5.74) is 0.856. The Hall–Kier alpha value is -2.14. The average molecular weight is 508 g/mol. The lowest BCUT2D eigenvalue weighted by Crippen LogP contribution is -2.53. The Morgan fingerprint density at radius 1 is 0.941 bits per heavy atom. The van der Waals surface area contributed by atoms with Crippen LogP contribution in [0.4, 0.5) is 5.69 Å². The van der Waals surface area contributed by atoms with Gasteiger partial charge in [0.25, 0.3) is 10.2 Å². The largest absolute Gasteiger partial charge is 0.483 e. The molecule has 1 aromatic heterocycles. The second-order valence-electron chi connectivity index (χ2n) is 9.08. The maximum absolute atomic E-state index is 13.5. The zero-order valence-corrected chi connectivity index (χ0v) is 20.7. The highest BCUT2D eigenvalue weighted by Gasteiger charge is 2.35. The molecular weight excluding hydrogens is 478 g/mol. The maximum atomic E-state index is 13.5. The first kappa shape index (κ1) is 23.6. The number of hydrogen-bond donors (Lipinski definition) is 0. The molecule has 34 heavy (non-hydrogen) atoms. The maximum Gasteiger partial charge on any atom is 0.316 e. The lowest BCUT2D eigenvalue weighted by atomic mass is 10.2. The van der Waals surface area contributed by atoms with Crippen LogP contribution in [0.2, 0.25) is 5.02 Å². The van der Waals surface area contributed by atoms with E-state index >= 15 is 0 Å². The van der Waals surface area contributed by atoms with Crippen LogP contribution in [0, 0.1) is 0 Å². The van der Waals surface area contributed by atoms with Gasteiger partial charge in [0.05, 0.1) is 18.0 Å². The van der Waals surface area contributed by atoms with E-state index in [2.05, 4.69) is 5.10 Å². The highest BCUT2D eigenvalue weighted by molar-refractivity contribution is 7.86. The molecule has 3 heterocycles. The van der Waals surface area contributed by atoms with Gasteiger partial charge in [-0.3, -0.25) is 4.79 Å². The second-order valence-corrected chi connectivity index (χ2v) is 11.4. The van der Waals surface area contributed by atoms with Gasteiger partial charge in [-0.1, -0.05) is 17.7 Å². The fraction of sp³-hybridized carbons (Fsp3) is 0.565. The number of halogens is 1. The van der Waals surface area contributed by atoms with Gasteiger partial charge in [0.2, 0.25) is 5.75 Å². The quantitative estimate of drug-likeness (QED) is 0.597. The lowest BCUT2D eigenvalue weighted by Gasteiger charge is -2.37. The first-order valence-corrected chi connectivity index (χ1v) is 13.8. The number of ether oxygens (including phenoxy) is 1. The summed E-state index contributed by atoms with van der Waals surface area (Å²) >= 11 is 6.14. The Labute approximate surface area is 205 Å².